The Morgan fingerprint density at radius 1 is 1.50 bits per heavy atom. The Hall–Kier alpha value is -1.28. The second-order valence-electron chi connectivity index (χ2n) is 5.09. The second-order valence-corrected chi connectivity index (χ2v) is 7.38. The summed E-state index contributed by atoms with van der Waals surface area (Å²) in [6.07, 6.45) is 3.28. The molecule has 1 N–H and O–H groups in total. The number of halogens is 1. The maximum atomic E-state index is 11.6. The molecular weight excluding hydrogens is 344 g/mol. The van der Waals surface area contributed by atoms with Crippen LogP contribution in [0.25, 0.3) is 11.4 Å². The molecule has 0 amide bonds. The van der Waals surface area contributed by atoms with Crippen molar-refractivity contribution in [2.45, 2.75) is 32.2 Å². The van der Waals surface area contributed by atoms with E-state index in [1.54, 1.807) is 16.0 Å². The molecule has 0 aromatic carbocycles. The van der Waals surface area contributed by atoms with Gasteiger partial charge in [0.15, 0.2) is 5.82 Å². The van der Waals surface area contributed by atoms with Crippen molar-refractivity contribution in [3.63, 3.8) is 0 Å². The van der Waals surface area contributed by atoms with Crippen LogP contribution in [0, 0.1) is 5.41 Å². The van der Waals surface area contributed by atoms with Gasteiger partial charge in [-0.3, -0.25) is 4.79 Å². The van der Waals surface area contributed by atoms with E-state index in [0.717, 1.165) is 22.2 Å². The lowest BCUT2D eigenvalue weighted by Crippen LogP contribution is -2.33. The Morgan fingerprint density at radius 3 is 2.85 bits per heavy atom. The van der Waals surface area contributed by atoms with Crippen LogP contribution in [0.2, 0.25) is 0 Å². The average Bonchev–Trinajstić information content (AvgIpc) is 3.10. The summed E-state index contributed by atoms with van der Waals surface area (Å²) >= 11 is 4.96. The van der Waals surface area contributed by atoms with Gasteiger partial charge in [0.25, 0.3) is 0 Å². The first kappa shape index (κ1) is 13.7. The van der Waals surface area contributed by atoms with Crippen LogP contribution >= 0.6 is 27.3 Å². The highest BCUT2D eigenvalue weighted by Gasteiger charge is 2.42. The quantitative estimate of drug-likeness (QED) is 0.910. The van der Waals surface area contributed by atoms with Gasteiger partial charge in [-0.2, -0.15) is 0 Å². The van der Waals surface area contributed by atoms with Crippen LogP contribution in [0.15, 0.2) is 15.2 Å². The van der Waals surface area contributed by atoms with Crippen LogP contribution in [0.1, 0.15) is 25.7 Å². The van der Waals surface area contributed by atoms with E-state index in [1.165, 1.54) is 0 Å². The second kappa shape index (κ2) is 5.25. The number of hydrogen-bond acceptors (Lipinski definition) is 5. The van der Waals surface area contributed by atoms with Crippen molar-refractivity contribution in [1.82, 2.24) is 20.2 Å². The van der Waals surface area contributed by atoms with E-state index in [9.17, 15) is 9.90 Å². The van der Waals surface area contributed by atoms with Crippen LogP contribution in [-0.2, 0) is 11.3 Å². The van der Waals surface area contributed by atoms with Gasteiger partial charge in [0.1, 0.15) is 0 Å². The summed E-state index contributed by atoms with van der Waals surface area (Å²) in [5.74, 6) is -0.123. The largest absolute Gasteiger partial charge is 0.481 e. The van der Waals surface area contributed by atoms with Gasteiger partial charge in [-0.25, -0.2) is 4.68 Å². The lowest BCUT2D eigenvalue weighted by molar-refractivity contribution is -0.149. The number of carbonyl (C=O) groups is 1. The smallest absolute Gasteiger partial charge is 0.311 e. The van der Waals surface area contributed by atoms with Gasteiger partial charge in [-0.15, -0.1) is 16.4 Å². The normalized spacial score (nSPS) is 17.4. The molecule has 3 rings (SSSR count). The minimum Gasteiger partial charge on any atom is -0.481 e. The summed E-state index contributed by atoms with van der Waals surface area (Å²) in [5.41, 5.74) is 0.183. The first-order chi connectivity index (χ1) is 9.61. The first-order valence-electron chi connectivity index (χ1n) is 6.35. The monoisotopic (exact) mass is 356 g/mol. The summed E-state index contributed by atoms with van der Waals surface area (Å²) in [5, 5.41) is 23.2. The number of nitrogens with zero attached hydrogens (tertiary/aromatic N) is 4. The van der Waals surface area contributed by atoms with Gasteiger partial charge in [-0.1, -0.05) is 12.8 Å². The molecule has 106 valence electrons. The van der Waals surface area contributed by atoms with Gasteiger partial charge < -0.3 is 5.11 Å². The number of carboxylic acid groups (broad SMARTS) is 1. The average molecular weight is 357 g/mol. The molecule has 1 aliphatic rings. The van der Waals surface area contributed by atoms with Crippen molar-refractivity contribution < 1.29 is 9.90 Å². The Bertz CT molecular complexity index is 633. The van der Waals surface area contributed by atoms with Crippen molar-refractivity contribution in [1.29, 1.82) is 0 Å². The van der Waals surface area contributed by atoms with E-state index >= 15 is 0 Å². The van der Waals surface area contributed by atoms with Crippen molar-refractivity contribution in [2.75, 3.05) is 0 Å². The highest BCUT2D eigenvalue weighted by molar-refractivity contribution is 9.11. The molecule has 2 aromatic heterocycles. The molecule has 0 bridgehead atoms. The molecule has 2 aromatic rings. The number of rotatable bonds is 4. The molecule has 20 heavy (non-hydrogen) atoms. The fraction of sp³-hybridized carbons (Fsp3) is 0.500. The zero-order valence-corrected chi connectivity index (χ0v) is 13.0. The third-order valence-electron chi connectivity index (χ3n) is 3.82. The predicted molar refractivity (Wildman–Crippen MR) is 77.4 cm³/mol. The molecule has 0 radical (unpaired) electrons. The maximum absolute atomic E-state index is 11.6. The number of hydrogen-bond donors (Lipinski definition) is 1. The van der Waals surface area contributed by atoms with E-state index in [0.29, 0.717) is 25.2 Å². The standard InChI is InChI=1S/C12H13BrN4O2S/c13-9-5-8(6-20-9)10-14-15-16-17(10)7-12(11(18)19)3-1-2-4-12/h5-6H,1-4,7H2,(H,18,19). The summed E-state index contributed by atoms with van der Waals surface area (Å²) in [4.78, 5) is 11.6. The molecule has 1 fully saturated rings. The van der Waals surface area contributed by atoms with E-state index in [1.807, 2.05) is 11.4 Å². The molecule has 0 aliphatic heterocycles. The predicted octanol–water partition coefficient (Wildman–Crippen LogP) is 2.81. The van der Waals surface area contributed by atoms with E-state index in [-0.39, 0.29) is 0 Å². The van der Waals surface area contributed by atoms with Gasteiger partial charge >= 0.3 is 5.97 Å². The fourth-order valence-electron chi connectivity index (χ4n) is 2.72. The van der Waals surface area contributed by atoms with Crippen molar-refractivity contribution >= 4 is 33.2 Å². The molecule has 0 saturated heterocycles. The van der Waals surface area contributed by atoms with Crippen LogP contribution in [-0.4, -0.2) is 31.3 Å². The fourth-order valence-corrected chi connectivity index (χ4v) is 3.86. The van der Waals surface area contributed by atoms with Crippen molar-refractivity contribution in [2.24, 2.45) is 5.41 Å². The Morgan fingerprint density at radius 2 is 2.25 bits per heavy atom. The highest BCUT2D eigenvalue weighted by atomic mass is 79.9. The SMILES string of the molecule is O=C(O)C1(Cn2nnnc2-c2csc(Br)c2)CCCC1. The maximum Gasteiger partial charge on any atom is 0.311 e. The minimum absolute atomic E-state index is 0.331. The van der Waals surface area contributed by atoms with E-state index < -0.39 is 11.4 Å². The number of aliphatic carboxylic acids is 1. The minimum atomic E-state index is -0.747. The van der Waals surface area contributed by atoms with Crippen LogP contribution in [0.5, 0.6) is 0 Å². The summed E-state index contributed by atoms with van der Waals surface area (Å²) in [7, 11) is 0. The van der Waals surface area contributed by atoms with Gasteiger partial charge in [0.2, 0.25) is 0 Å². The van der Waals surface area contributed by atoms with Crippen LogP contribution < -0.4 is 0 Å². The Labute approximate surface area is 127 Å². The number of tetrazole rings is 1. The molecule has 0 atom stereocenters. The van der Waals surface area contributed by atoms with Crippen molar-refractivity contribution in [3.8, 4) is 11.4 Å². The zero-order chi connectivity index (χ0) is 14.2. The molecule has 1 saturated carbocycles. The Balaban J connectivity index is 1.92. The molecule has 0 spiro atoms. The number of carboxylic acids is 1. The van der Waals surface area contributed by atoms with Crippen molar-refractivity contribution in [3.05, 3.63) is 15.2 Å². The third-order valence-corrected chi connectivity index (χ3v) is 5.33. The lowest BCUT2D eigenvalue weighted by atomic mass is 9.86. The summed E-state index contributed by atoms with van der Waals surface area (Å²) in [6, 6.07) is 1.94. The lowest BCUT2D eigenvalue weighted by Gasteiger charge is -2.23. The number of aromatic nitrogens is 4. The van der Waals surface area contributed by atoms with Gasteiger partial charge in [0, 0.05) is 10.9 Å². The van der Waals surface area contributed by atoms with E-state index in [2.05, 4.69) is 31.5 Å². The first-order valence-corrected chi connectivity index (χ1v) is 8.02. The summed E-state index contributed by atoms with van der Waals surface area (Å²) < 4.78 is 2.62. The van der Waals surface area contributed by atoms with E-state index in [4.69, 9.17) is 0 Å². The molecule has 6 nitrogen and oxygen atoms in total. The Kier molecular flexibility index (Phi) is 3.59. The summed E-state index contributed by atoms with van der Waals surface area (Å²) in [6.45, 7) is 0.331. The third kappa shape index (κ3) is 2.37. The zero-order valence-electron chi connectivity index (χ0n) is 10.6. The number of thiophene rings is 1. The molecule has 8 heteroatoms. The molecular formula is C12H13BrN4O2S. The van der Waals surface area contributed by atoms with Crippen LogP contribution in [0.4, 0.5) is 0 Å². The molecule has 1 aliphatic carbocycles. The molecule has 0 unspecified atom stereocenters. The topological polar surface area (TPSA) is 80.9 Å². The highest BCUT2D eigenvalue weighted by Crippen LogP contribution is 2.40. The molecule has 2 heterocycles. The van der Waals surface area contributed by atoms with Gasteiger partial charge in [-0.05, 0) is 45.3 Å². The van der Waals surface area contributed by atoms with Crippen LogP contribution in [0.3, 0.4) is 0 Å². The van der Waals surface area contributed by atoms with Gasteiger partial charge in [0.05, 0.1) is 15.7 Å².